The summed E-state index contributed by atoms with van der Waals surface area (Å²) in [4.78, 5) is 10.4. The predicted octanol–water partition coefficient (Wildman–Crippen LogP) is 3.61. The van der Waals surface area contributed by atoms with Crippen LogP contribution < -0.4 is 4.90 Å². The van der Waals surface area contributed by atoms with Gasteiger partial charge in [0.25, 0.3) is 0 Å². The molecule has 2 aromatic rings. The van der Waals surface area contributed by atoms with E-state index in [4.69, 9.17) is 11.6 Å². The minimum atomic E-state index is -0.210. The minimum Gasteiger partial charge on any atom is -0.349 e. The van der Waals surface area contributed by atoms with Crippen LogP contribution in [-0.4, -0.2) is 16.5 Å². The van der Waals surface area contributed by atoms with E-state index in [0.717, 1.165) is 30.8 Å². The number of hydrogen-bond donors (Lipinski definition) is 0. The van der Waals surface area contributed by atoms with Crippen molar-refractivity contribution in [2.45, 2.75) is 18.9 Å². The van der Waals surface area contributed by atoms with E-state index in [1.54, 1.807) is 6.07 Å². The molecular weight excluding hydrogens is 265 g/mol. The van der Waals surface area contributed by atoms with Crippen molar-refractivity contribution in [3.63, 3.8) is 0 Å². The number of nitrogens with zero attached hydrogens (tertiary/aromatic N) is 3. The number of aromatic nitrogens is 2. The second-order valence-electron chi connectivity index (χ2n) is 4.60. The van der Waals surface area contributed by atoms with Gasteiger partial charge in [-0.3, -0.25) is 0 Å². The Morgan fingerprint density at radius 1 is 1.21 bits per heavy atom. The molecule has 1 aromatic heterocycles. The second-order valence-corrected chi connectivity index (χ2v) is 4.99. The number of anilines is 1. The summed E-state index contributed by atoms with van der Waals surface area (Å²) in [5.41, 5.74) is 1.11. The fourth-order valence-electron chi connectivity index (χ4n) is 2.55. The summed E-state index contributed by atoms with van der Waals surface area (Å²) in [7, 11) is 0. The molecule has 0 aliphatic carbocycles. The normalized spacial score (nSPS) is 18.8. The smallest absolute Gasteiger partial charge is 0.134 e. The van der Waals surface area contributed by atoms with Crippen molar-refractivity contribution in [3.05, 3.63) is 53.2 Å². The van der Waals surface area contributed by atoms with Gasteiger partial charge in [0.2, 0.25) is 0 Å². The maximum Gasteiger partial charge on any atom is 0.134 e. The molecule has 0 amide bonds. The van der Waals surface area contributed by atoms with Crippen LogP contribution in [0.4, 0.5) is 10.2 Å². The Hall–Kier alpha value is -1.68. The molecule has 3 nitrogen and oxygen atoms in total. The van der Waals surface area contributed by atoms with Gasteiger partial charge in [-0.15, -0.1) is 0 Å². The number of hydrogen-bond acceptors (Lipinski definition) is 3. The Labute approximate surface area is 116 Å². The highest BCUT2D eigenvalue weighted by atomic mass is 35.5. The lowest BCUT2D eigenvalue weighted by Gasteiger charge is -2.26. The largest absolute Gasteiger partial charge is 0.349 e. The molecule has 0 N–H and O–H groups in total. The molecule has 3 rings (SSSR count). The van der Waals surface area contributed by atoms with E-state index in [-0.39, 0.29) is 11.9 Å². The summed E-state index contributed by atoms with van der Waals surface area (Å²) in [6, 6.07) is 8.66. The minimum absolute atomic E-state index is 0.210. The second kappa shape index (κ2) is 5.13. The van der Waals surface area contributed by atoms with Gasteiger partial charge in [0.05, 0.1) is 6.04 Å². The van der Waals surface area contributed by atoms with Crippen molar-refractivity contribution in [2.24, 2.45) is 0 Å². The molecule has 0 bridgehead atoms. The Kier molecular flexibility index (Phi) is 3.34. The molecule has 5 heteroatoms. The van der Waals surface area contributed by atoms with Crippen molar-refractivity contribution < 1.29 is 4.39 Å². The van der Waals surface area contributed by atoms with Crippen molar-refractivity contribution >= 4 is 17.4 Å². The summed E-state index contributed by atoms with van der Waals surface area (Å²) in [5, 5.41) is 0.440. The first-order valence-corrected chi connectivity index (χ1v) is 6.61. The molecule has 1 saturated heterocycles. The Balaban J connectivity index is 1.91. The predicted molar refractivity (Wildman–Crippen MR) is 72.8 cm³/mol. The van der Waals surface area contributed by atoms with Crippen LogP contribution in [0.3, 0.4) is 0 Å². The first kappa shape index (κ1) is 12.4. The van der Waals surface area contributed by atoms with Crippen LogP contribution in [0.25, 0.3) is 0 Å². The molecule has 0 saturated carbocycles. The van der Waals surface area contributed by atoms with Crippen LogP contribution in [0.2, 0.25) is 5.15 Å². The third-order valence-electron chi connectivity index (χ3n) is 3.42. The van der Waals surface area contributed by atoms with Crippen molar-refractivity contribution in [3.8, 4) is 0 Å². The first-order valence-electron chi connectivity index (χ1n) is 6.24. The van der Waals surface area contributed by atoms with Gasteiger partial charge in [0, 0.05) is 12.6 Å². The van der Waals surface area contributed by atoms with Gasteiger partial charge in [-0.25, -0.2) is 14.4 Å². The maximum atomic E-state index is 13.0. The van der Waals surface area contributed by atoms with Crippen LogP contribution in [0.1, 0.15) is 24.4 Å². The summed E-state index contributed by atoms with van der Waals surface area (Å²) >= 11 is 5.91. The molecule has 1 unspecified atom stereocenters. The van der Waals surface area contributed by atoms with E-state index in [2.05, 4.69) is 14.9 Å². The van der Waals surface area contributed by atoms with E-state index in [0.29, 0.717) is 5.15 Å². The Bertz CT molecular complexity index is 573. The lowest BCUT2D eigenvalue weighted by molar-refractivity contribution is 0.624. The third kappa shape index (κ3) is 2.54. The van der Waals surface area contributed by atoms with Crippen molar-refractivity contribution in [2.75, 3.05) is 11.4 Å². The average Bonchev–Trinajstić information content (AvgIpc) is 2.89. The van der Waals surface area contributed by atoms with Gasteiger partial charge in [0.1, 0.15) is 23.1 Å². The molecule has 1 aromatic carbocycles. The first-order chi connectivity index (χ1) is 9.24. The van der Waals surface area contributed by atoms with Gasteiger partial charge in [-0.2, -0.15) is 0 Å². The molecule has 1 aliphatic rings. The quantitative estimate of drug-likeness (QED) is 0.785. The van der Waals surface area contributed by atoms with Crippen LogP contribution in [-0.2, 0) is 0 Å². The topological polar surface area (TPSA) is 29.0 Å². The van der Waals surface area contributed by atoms with E-state index in [1.807, 2.05) is 12.1 Å². The highest BCUT2D eigenvalue weighted by molar-refractivity contribution is 6.29. The van der Waals surface area contributed by atoms with Crippen LogP contribution >= 0.6 is 11.6 Å². The van der Waals surface area contributed by atoms with Crippen LogP contribution in [0.5, 0.6) is 0 Å². The Morgan fingerprint density at radius 2 is 2.00 bits per heavy atom. The summed E-state index contributed by atoms with van der Waals surface area (Å²) < 4.78 is 13.0. The lowest BCUT2D eigenvalue weighted by Crippen LogP contribution is -2.23. The van der Waals surface area contributed by atoms with E-state index in [1.165, 1.54) is 18.5 Å². The van der Waals surface area contributed by atoms with Crippen LogP contribution in [0, 0.1) is 5.82 Å². The van der Waals surface area contributed by atoms with E-state index < -0.39 is 0 Å². The Morgan fingerprint density at radius 3 is 2.74 bits per heavy atom. The van der Waals surface area contributed by atoms with Crippen molar-refractivity contribution in [1.82, 2.24) is 9.97 Å². The maximum absolute atomic E-state index is 13.0. The summed E-state index contributed by atoms with van der Waals surface area (Å²) in [6.45, 7) is 0.926. The average molecular weight is 278 g/mol. The molecule has 19 heavy (non-hydrogen) atoms. The molecule has 1 atom stereocenters. The molecule has 1 aliphatic heterocycles. The molecule has 0 radical (unpaired) electrons. The van der Waals surface area contributed by atoms with Gasteiger partial charge < -0.3 is 4.90 Å². The molecule has 1 fully saturated rings. The third-order valence-corrected chi connectivity index (χ3v) is 3.63. The van der Waals surface area contributed by atoms with Gasteiger partial charge >= 0.3 is 0 Å². The summed E-state index contributed by atoms with van der Waals surface area (Å²) in [6.07, 6.45) is 3.59. The fraction of sp³-hybridized carbons (Fsp3) is 0.286. The molecular formula is C14H13ClFN3. The zero-order chi connectivity index (χ0) is 13.2. The fourth-order valence-corrected chi connectivity index (χ4v) is 2.69. The zero-order valence-corrected chi connectivity index (χ0v) is 11.0. The lowest BCUT2D eigenvalue weighted by atomic mass is 10.0. The standard InChI is InChI=1S/C14H13ClFN3/c15-13-8-14(18-9-17-13)19-7-1-2-12(19)10-3-5-11(16)6-4-10/h3-6,8-9,12H,1-2,7H2. The highest BCUT2D eigenvalue weighted by Crippen LogP contribution is 2.35. The SMILES string of the molecule is Fc1ccc(C2CCCN2c2cc(Cl)ncn2)cc1. The van der Waals surface area contributed by atoms with Gasteiger partial charge in [0.15, 0.2) is 0 Å². The van der Waals surface area contributed by atoms with E-state index in [9.17, 15) is 4.39 Å². The van der Waals surface area contributed by atoms with E-state index >= 15 is 0 Å². The number of halogens is 2. The highest BCUT2D eigenvalue weighted by Gasteiger charge is 2.27. The van der Waals surface area contributed by atoms with Crippen LogP contribution in [0.15, 0.2) is 36.7 Å². The molecule has 98 valence electrons. The molecule has 2 heterocycles. The van der Waals surface area contributed by atoms with Gasteiger partial charge in [-0.05, 0) is 30.5 Å². The molecule has 0 spiro atoms. The van der Waals surface area contributed by atoms with Crippen molar-refractivity contribution in [1.29, 1.82) is 0 Å². The number of benzene rings is 1. The monoisotopic (exact) mass is 277 g/mol. The van der Waals surface area contributed by atoms with Gasteiger partial charge in [-0.1, -0.05) is 23.7 Å². The number of rotatable bonds is 2. The zero-order valence-electron chi connectivity index (χ0n) is 10.3. The summed E-state index contributed by atoms with van der Waals surface area (Å²) in [5.74, 6) is 0.616.